The summed E-state index contributed by atoms with van der Waals surface area (Å²) in [5.41, 5.74) is 1.02. The number of furan rings is 1. The van der Waals surface area contributed by atoms with Crippen molar-refractivity contribution in [2.45, 2.75) is 46.2 Å². The zero-order valence-electron chi connectivity index (χ0n) is 17.0. The molecule has 152 valence electrons. The van der Waals surface area contributed by atoms with E-state index >= 15 is 0 Å². The highest BCUT2D eigenvalue weighted by Crippen LogP contribution is 2.15. The molecule has 0 unspecified atom stereocenters. The molecular formula is C22H29ClN2O3. The highest BCUT2D eigenvalue weighted by Gasteiger charge is 2.25. The number of aryl methyl sites for hydroxylation is 1. The zero-order valence-corrected chi connectivity index (χ0v) is 17.8. The fourth-order valence-electron chi connectivity index (χ4n) is 2.98. The third-order valence-electron chi connectivity index (χ3n) is 4.28. The lowest BCUT2D eigenvalue weighted by atomic mass is 10.2. The number of benzene rings is 1. The molecule has 0 spiro atoms. The van der Waals surface area contributed by atoms with Crippen LogP contribution in [0.1, 0.15) is 37.9 Å². The number of carbonyl (C=O) groups excluding carboxylic acids is 2. The first-order valence-corrected chi connectivity index (χ1v) is 9.99. The number of nitrogens with zero attached hydrogens (tertiary/aromatic N) is 2. The van der Waals surface area contributed by atoms with Crippen molar-refractivity contribution in [2.75, 3.05) is 13.1 Å². The first kappa shape index (κ1) is 22.0. The van der Waals surface area contributed by atoms with Gasteiger partial charge in [-0.05, 0) is 37.5 Å². The first-order valence-electron chi connectivity index (χ1n) is 9.56. The van der Waals surface area contributed by atoms with Gasteiger partial charge in [0.15, 0.2) is 0 Å². The molecule has 1 aromatic heterocycles. The molecule has 0 saturated heterocycles. The van der Waals surface area contributed by atoms with Crippen molar-refractivity contribution in [2.24, 2.45) is 5.92 Å². The normalized spacial score (nSPS) is 12.1. The third kappa shape index (κ3) is 6.71. The van der Waals surface area contributed by atoms with Gasteiger partial charge >= 0.3 is 0 Å². The van der Waals surface area contributed by atoms with Gasteiger partial charge in [-0.15, -0.1) is 11.6 Å². The van der Waals surface area contributed by atoms with Crippen molar-refractivity contribution in [1.82, 2.24) is 9.80 Å². The van der Waals surface area contributed by atoms with E-state index in [-0.39, 0.29) is 24.3 Å². The lowest BCUT2D eigenvalue weighted by molar-refractivity contribution is -0.141. The smallest absolute Gasteiger partial charge is 0.242 e. The summed E-state index contributed by atoms with van der Waals surface area (Å²) in [5, 5.41) is -0.665. The molecular weight excluding hydrogens is 376 g/mol. The Bertz CT molecular complexity index is 771. The van der Waals surface area contributed by atoms with E-state index in [0.717, 1.165) is 11.3 Å². The number of amides is 2. The maximum Gasteiger partial charge on any atom is 0.242 e. The van der Waals surface area contributed by atoms with Gasteiger partial charge in [0.2, 0.25) is 11.8 Å². The second-order valence-electron chi connectivity index (χ2n) is 7.48. The number of carbonyl (C=O) groups is 2. The molecule has 2 aromatic rings. The van der Waals surface area contributed by atoms with Gasteiger partial charge in [0.05, 0.1) is 13.1 Å². The van der Waals surface area contributed by atoms with Crippen molar-refractivity contribution < 1.29 is 14.0 Å². The summed E-state index contributed by atoms with van der Waals surface area (Å²) in [6.45, 7) is 8.81. The number of hydrogen-bond acceptors (Lipinski definition) is 3. The van der Waals surface area contributed by atoms with Crippen LogP contribution in [0.25, 0.3) is 0 Å². The van der Waals surface area contributed by atoms with Crippen LogP contribution in [-0.2, 0) is 22.7 Å². The molecule has 2 rings (SSSR count). The van der Waals surface area contributed by atoms with Gasteiger partial charge < -0.3 is 14.2 Å². The van der Waals surface area contributed by atoms with Crippen LogP contribution in [0.4, 0.5) is 0 Å². The van der Waals surface area contributed by atoms with E-state index in [1.807, 2.05) is 63.2 Å². The summed E-state index contributed by atoms with van der Waals surface area (Å²) in [7, 11) is 0. The molecule has 2 amide bonds. The molecule has 5 nitrogen and oxygen atoms in total. The van der Waals surface area contributed by atoms with Crippen molar-refractivity contribution in [1.29, 1.82) is 0 Å². The van der Waals surface area contributed by atoms with E-state index in [1.54, 1.807) is 16.7 Å². The quantitative estimate of drug-likeness (QED) is 0.588. The zero-order chi connectivity index (χ0) is 20.7. The highest BCUT2D eigenvalue weighted by atomic mass is 35.5. The van der Waals surface area contributed by atoms with Gasteiger partial charge in [-0.1, -0.05) is 44.2 Å². The summed E-state index contributed by atoms with van der Waals surface area (Å²) in [6, 6.07) is 13.5. The SMILES string of the molecule is Cc1ccc(CN(Cc2ccccc2)C(=O)CN(CC(C)C)C(=O)[C@@H](C)Cl)o1. The van der Waals surface area contributed by atoms with Gasteiger partial charge in [-0.3, -0.25) is 9.59 Å². The molecule has 0 aliphatic heterocycles. The van der Waals surface area contributed by atoms with Crippen molar-refractivity contribution >= 4 is 23.4 Å². The lowest BCUT2D eigenvalue weighted by Crippen LogP contribution is -2.45. The van der Waals surface area contributed by atoms with Crippen LogP contribution in [0.15, 0.2) is 46.9 Å². The summed E-state index contributed by atoms with van der Waals surface area (Å²) < 4.78 is 5.66. The van der Waals surface area contributed by atoms with Crippen LogP contribution in [-0.4, -0.2) is 40.1 Å². The van der Waals surface area contributed by atoms with Crippen molar-refractivity contribution in [3.63, 3.8) is 0 Å². The molecule has 0 fully saturated rings. The predicted molar refractivity (Wildman–Crippen MR) is 111 cm³/mol. The maximum absolute atomic E-state index is 13.1. The molecule has 1 heterocycles. The van der Waals surface area contributed by atoms with E-state index in [9.17, 15) is 9.59 Å². The molecule has 0 radical (unpaired) electrons. The van der Waals surface area contributed by atoms with Crippen LogP contribution in [0.5, 0.6) is 0 Å². The predicted octanol–water partition coefficient (Wildman–Crippen LogP) is 4.23. The van der Waals surface area contributed by atoms with Crippen LogP contribution < -0.4 is 0 Å². The number of hydrogen-bond donors (Lipinski definition) is 0. The van der Waals surface area contributed by atoms with Crippen molar-refractivity contribution in [3.8, 4) is 0 Å². The minimum atomic E-state index is -0.665. The summed E-state index contributed by atoms with van der Waals surface area (Å²) >= 11 is 6.00. The van der Waals surface area contributed by atoms with Crippen molar-refractivity contribution in [3.05, 3.63) is 59.5 Å². The Kier molecular flexibility index (Phi) is 8.12. The van der Waals surface area contributed by atoms with Crippen LogP contribution >= 0.6 is 11.6 Å². The Morgan fingerprint density at radius 3 is 2.21 bits per heavy atom. The molecule has 28 heavy (non-hydrogen) atoms. The molecule has 1 atom stereocenters. The summed E-state index contributed by atoms with van der Waals surface area (Å²) in [4.78, 5) is 28.9. The summed E-state index contributed by atoms with van der Waals surface area (Å²) in [5.74, 6) is 1.40. The second-order valence-corrected chi connectivity index (χ2v) is 8.13. The van der Waals surface area contributed by atoms with Gasteiger partial charge in [-0.2, -0.15) is 0 Å². The largest absolute Gasteiger partial charge is 0.464 e. The van der Waals surface area contributed by atoms with E-state index in [0.29, 0.717) is 25.4 Å². The molecule has 0 bridgehead atoms. The molecule has 0 N–H and O–H groups in total. The average Bonchev–Trinajstić information content (AvgIpc) is 3.05. The monoisotopic (exact) mass is 404 g/mol. The minimum absolute atomic E-state index is 0.000593. The molecule has 0 saturated carbocycles. The van der Waals surface area contributed by atoms with Gasteiger partial charge in [0.1, 0.15) is 16.9 Å². The topological polar surface area (TPSA) is 53.8 Å². The first-order chi connectivity index (χ1) is 13.3. The second kappa shape index (κ2) is 10.3. The van der Waals surface area contributed by atoms with Crippen LogP contribution in [0.2, 0.25) is 0 Å². The maximum atomic E-state index is 13.1. The Balaban J connectivity index is 2.19. The Morgan fingerprint density at radius 1 is 1.00 bits per heavy atom. The number of alkyl halides is 1. The Hall–Kier alpha value is -2.27. The minimum Gasteiger partial charge on any atom is -0.464 e. The molecule has 1 aromatic carbocycles. The fraction of sp³-hybridized carbons (Fsp3) is 0.455. The van der Waals surface area contributed by atoms with Crippen LogP contribution in [0, 0.1) is 12.8 Å². The molecule has 0 aliphatic rings. The van der Waals surface area contributed by atoms with Gasteiger partial charge in [0, 0.05) is 13.1 Å². The number of rotatable bonds is 9. The average molecular weight is 405 g/mol. The van der Waals surface area contributed by atoms with E-state index in [4.69, 9.17) is 16.0 Å². The van der Waals surface area contributed by atoms with E-state index in [2.05, 4.69) is 0 Å². The number of halogens is 1. The molecule has 0 aliphatic carbocycles. The Morgan fingerprint density at radius 2 is 1.68 bits per heavy atom. The lowest BCUT2D eigenvalue weighted by Gasteiger charge is -2.29. The van der Waals surface area contributed by atoms with E-state index < -0.39 is 5.38 Å². The standard InChI is InChI=1S/C22H29ClN2O3/c1-16(2)12-25(22(27)18(4)23)15-21(26)24(13-19-8-6-5-7-9-19)14-20-11-10-17(3)28-20/h5-11,16,18H,12-15H2,1-4H3/t18-/m1/s1. The highest BCUT2D eigenvalue weighted by molar-refractivity contribution is 6.30. The van der Waals surface area contributed by atoms with Crippen LogP contribution in [0.3, 0.4) is 0 Å². The van der Waals surface area contributed by atoms with E-state index in [1.165, 1.54) is 0 Å². The fourth-order valence-corrected chi connectivity index (χ4v) is 3.12. The van der Waals surface area contributed by atoms with Gasteiger partial charge in [-0.25, -0.2) is 0 Å². The Labute approximate surface area is 172 Å². The third-order valence-corrected chi connectivity index (χ3v) is 4.46. The van der Waals surface area contributed by atoms with Gasteiger partial charge in [0.25, 0.3) is 0 Å². The summed E-state index contributed by atoms with van der Waals surface area (Å²) in [6.07, 6.45) is 0. The molecule has 6 heteroatoms.